The lowest BCUT2D eigenvalue weighted by Gasteiger charge is -2.00. The lowest BCUT2D eigenvalue weighted by Crippen LogP contribution is -2.14. The predicted molar refractivity (Wildman–Crippen MR) is 33.8 cm³/mol. The van der Waals surface area contributed by atoms with Crippen LogP contribution in [0.25, 0.3) is 0 Å². The van der Waals surface area contributed by atoms with Gasteiger partial charge in [-0.3, -0.25) is 0 Å². The summed E-state index contributed by atoms with van der Waals surface area (Å²) in [4.78, 5) is 0. The highest BCUT2D eigenvalue weighted by atomic mass is 31.0. The fourth-order valence-corrected chi connectivity index (χ4v) is 0.486. The molecule has 0 aliphatic rings. The molecule has 0 spiro atoms. The Morgan fingerprint density at radius 2 is 1.44 bits per heavy atom. The molecular weight excluding hydrogens is 133 g/mol. The van der Waals surface area contributed by atoms with Gasteiger partial charge in [0.1, 0.15) is 18.2 Å². The Morgan fingerprint density at radius 1 is 1.11 bits per heavy atom. The molecule has 9 heavy (non-hydrogen) atoms. The highest BCUT2D eigenvalue weighted by Crippen LogP contribution is 2.15. The molecule has 0 aromatic carbocycles. The number of nitriles is 3. The number of nitrogens with zero attached hydrogens (tertiary/aromatic N) is 3. The summed E-state index contributed by atoms with van der Waals surface area (Å²) in [6, 6.07) is 4.86. The maximum absolute atomic E-state index is 8.27. The van der Waals surface area contributed by atoms with Gasteiger partial charge in [-0.15, -0.1) is 9.24 Å². The number of hydrogen-bond donors (Lipinski definition) is 0. The summed E-state index contributed by atoms with van der Waals surface area (Å²) in [6.07, 6.45) is 0.177. The van der Waals surface area contributed by atoms with Crippen molar-refractivity contribution in [3.63, 3.8) is 0 Å². The van der Waals surface area contributed by atoms with Crippen molar-refractivity contribution in [2.75, 3.05) is 6.16 Å². The minimum Gasteiger partial charge on any atom is -0.195 e. The smallest absolute Gasteiger partial charge is 0.195 e. The second kappa shape index (κ2) is 3.03. The van der Waals surface area contributed by atoms with Gasteiger partial charge in [-0.2, -0.15) is 15.8 Å². The molecule has 0 saturated heterocycles. The maximum Gasteiger partial charge on any atom is 0.232 e. The molecule has 0 aliphatic carbocycles. The highest BCUT2D eigenvalue weighted by molar-refractivity contribution is 7.16. The van der Waals surface area contributed by atoms with E-state index < -0.39 is 5.41 Å². The molecule has 0 N–H and O–H groups in total. The van der Waals surface area contributed by atoms with E-state index in [0.717, 1.165) is 0 Å². The Labute approximate surface area is 55.7 Å². The third kappa shape index (κ3) is 1.39. The van der Waals surface area contributed by atoms with Crippen LogP contribution in [0.5, 0.6) is 0 Å². The molecule has 0 saturated carbocycles. The normalized spacial score (nSPS) is 8.67. The Balaban J connectivity index is 4.54. The monoisotopic (exact) mass is 137 g/mol. The lowest BCUT2D eigenvalue weighted by molar-refractivity contribution is 0.787. The first-order valence-electron chi connectivity index (χ1n) is 2.18. The van der Waals surface area contributed by atoms with Crippen LogP contribution < -0.4 is 0 Å². The molecule has 3 nitrogen and oxygen atoms in total. The number of rotatable bonds is 1. The SMILES string of the molecule is N#CC(C#N)(C#N)CP. The first-order chi connectivity index (χ1) is 4.24. The summed E-state index contributed by atoms with van der Waals surface area (Å²) >= 11 is 0. The van der Waals surface area contributed by atoms with Crippen LogP contribution in [0.3, 0.4) is 0 Å². The molecule has 0 heterocycles. The molecule has 0 rings (SSSR count). The molecule has 1 atom stereocenters. The Morgan fingerprint density at radius 3 is 1.44 bits per heavy atom. The quantitative estimate of drug-likeness (QED) is 0.491. The first kappa shape index (κ1) is 7.90. The lowest BCUT2D eigenvalue weighted by atomic mass is 9.98. The molecule has 4 heteroatoms. The molecule has 1 unspecified atom stereocenters. The van der Waals surface area contributed by atoms with Crippen LogP contribution in [0.15, 0.2) is 0 Å². The summed E-state index contributed by atoms with van der Waals surface area (Å²) in [6.45, 7) is 0. The molecule has 0 amide bonds. The minimum absolute atomic E-state index is 0.177. The average Bonchev–Trinajstić information content (AvgIpc) is 1.95. The van der Waals surface area contributed by atoms with E-state index in [4.69, 9.17) is 15.8 Å². The van der Waals surface area contributed by atoms with Crippen molar-refractivity contribution >= 4 is 9.24 Å². The van der Waals surface area contributed by atoms with E-state index in [-0.39, 0.29) is 6.16 Å². The Bertz CT molecular complexity index is 178. The fraction of sp³-hybridized carbons (Fsp3) is 0.400. The van der Waals surface area contributed by atoms with Gasteiger partial charge in [0.05, 0.1) is 0 Å². The molecule has 0 fully saturated rings. The maximum atomic E-state index is 8.27. The largest absolute Gasteiger partial charge is 0.232 e. The van der Waals surface area contributed by atoms with Crippen molar-refractivity contribution in [3.05, 3.63) is 0 Å². The molecule has 0 aromatic heterocycles. The van der Waals surface area contributed by atoms with E-state index >= 15 is 0 Å². The van der Waals surface area contributed by atoms with Gasteiger partial charge in [-0.1, -0.05) is 0 Å². The van der Waals surface area contributed by atoms with Crippen molar-refractivity contribution in [2.24, 2.45) is 5.41 Å². The Hall–Kier alpha value is -1.10. The van der Waals surface area contributed by atoms with Crippen molar-refractivity contribution in [1.82, 2.24) is 0 Å². The van der Waals surface area contributed by atoms with Gasteiger partial charge in [0.15, 0.2) is 0 Å². The summed E-state index contributed by atoms with van der Waals surface area (Å²) < 4.78 is 0. The zero-order chi connectivity index (χ0) is 7.33. The molecule has 0 radical (unpaired) electrons. The van der Waals surface area contributed by atoms with Crippen LogP contribution >= 0.6 is 9.24 Å². The standard InChI is InChI=1S/C5H4N3P/c6-1-5(2-7,3-8)4-9/h4,9H2. The van der Waals surface area contributed by atoms with Crippen LogP contribution in [-0.2, 0) is 0 Å². The predicted octanol–water partition coefficient (Wildman–Crippen LogP) is 0.419. The second-order valence-electron chi connectivity index (χ2n) is 1.44. The summed E-state index contributed by atoms with van der Waals surface area (Å²) in [5, 5.41) is 24.8. The van der Waals surface area contributed by atoms with Crippen molar-refractivity contribution < 1.29 is 0 Å². The molecule has 0 bridgehead atoms. The van der Waals surface area contributed by atoms with Gasteiger partial charge in [-0.05, 0) is 0 Å². The molecule has 0 aromatic rings. The van der Waals surface area contributed by atoms with Crippen LogP contribution in [-0.4, -0.2) is 6.16 Å². The van der Waals surface area contributed by atoms with E-state index in [1.807, 2.05) is 0 Å². The molecular formula is C5H4N3P. The third-order valence-electron chi connectivity index (χ3n) is 0.879. The summed E-state index contributed by atoms with van der Waals surface area (Å²) in [5.74, 6) is 0. The van der Waals surface area contributed by atoms with Gasteiger partial charge in [0.2, 0.25) is 5.41 Å². The molecule has 44 valence electrons. The van der Waals surface area contributed by atoms with E-state index in [9.17, 15) is 0 Å². The van der Waals surface area contributed by atoms with E-state index in [0.29, 0.717) is 0 Å². The van der Waals surface area contributed by atoms with Gasteiger partial charge in [-0.25, -0.2) is 0 Å². The van der Waals surface area contributed by atoms with Crippen LogP contribution in [0, 0.1) is 39.4 Å². The number of hydrogen-bond acceptors (Lipinski definition) is 3. The van der Waals surface area contributed by atoms with Gasteiger partial charge in [0.25, 0.3) is 0 Å². The van der Waals surface area contributed by atoms with Crippen molar-refractivity contribution in [2.45, 2.75) is 0 Å². The van der Waals surface area contributed by atoms with Crippen molar-refractivity contribution in [1.29, 1.82) is 15.8 Å². The molecule has 0 aliphatic heterocycles. The topological polar surface area (TPSA) is 71.4 Å². The van der Waals surface area contributed by atoms with Gasteiger partial charge < -0.3 is 0 Å². The third-order valence-corrected chi connectivity index (χ3v) is 1.49. The zero-order valence-corrected chi connectivity index (χ0v) is 5.78. The van der Waals surface area contributed by atoms with Gasteiger partial charge >= 0.3 is 0 Å². The fourth-order valence-electron chi connectivity index (χ4n) is 0.212. The minimum atomic E-state index is -1.45. The van der Waals surface area contributed by atoms with Crippen LogP contribution in [0.4, 0.5) is 0 Å². The first-order valence-corrected chi connectivity index (χ1v) is 3.00. The van der Waals surface area contributed by atoms with E-state index in [1.54, 1.807) is 18.2 Å². The highest BCUT2D eigenvalue weighted by Gasteiger charge is 2.26. The van der Waals surface area contributed by atoms with Crippen molar-refractivity contribution in [3.8, 4) is 18.2 Å². The van der Waals surface area contributed by atoms with Crippen LogP contribution in [0.2, 0.25) is 0 Å². The Kier molecular flexibility index (Phi) is 2.66. The second-order valence-corrected chi connectivity index (χ2v) is 1.85. The summed E-state index contributed by atoms with van der Waals surface area (Å²) in [5.41, 5.74) is -1.45. The summed E-state index contributed by atoms with van der Waals surface area (Å²) in [7, 11) is 2.19. The zero-order valence-electron chi connectivity index (χ0n) is 4.63. The average molecular weight is 137 g/mol. The van der Waals surface area contributed by atoms with Gasteiger partial charge in [0, 0.05) is 6.16 Å². The van der Waals surface area contributed by atoms with E-state index in [2.05, 4.69) is 9.24 Å². The van der Waals surface area contributed by atoms with E-state index in [1.165, 1.54) is 0 Å². The van der Waals surface area contributed by atoms with Crippen LogP contribution in [0.1, 0.15) is 0 Å².